The van der Waals surface area contributed by atoms with Gasteiger partial charge in [-0.15, -0.1) is 0 Å². The molecule has 0 aliphatic carbocycles. The Bertz CT molecular complexity index is 534. The molecule has 23 heavy (non-hydrogen) atoms. The summed E-state index contributed by atoms with van der Waals surface area (Å²) in [6, 6.07) is 6.67. The highest BCUT2D eigenvalue weighted by molar-refractivity contribution is 5.79. The number of guanidine groups is 1. The van der Waals surface area contributed by atoms with Gasteiger partial charge in [0.2, 0.25) is 0 Å². The molecule has 128 valence electrons. The number of halogens is 1. The van der Waals surface area contributed by atoms with Gasteiger partial charge in [0.1, 0.15) is 5.82 Å². The van der Waals surface area contributed by atoms with Crippen LogP contribution in [0.25, 0.3) is 0 Å². The van der Waals surface area contributed by atoms with Crippen molar-refractivity contribution in [2.75, 3.05) is 26.7 Å². The molecule has 1 aromatic carbocycles. The molecule has 2 rings (SSSR count). The molecule has 0 saturated carbocycles. The van der Waals surface area contributed by atoms with E-state index in [1.54, 1.807) is 7.05 Å². The minimum absolute atomic E-state index is 0.107. The highest BCUT2D eigenvalue weighted by atomic mass is 19.1. The van der Waals surface area contributed by atoms with Gasteiger partial charge >= 0.3 is 0 Å². The molecule has 2 N–H and O–H groups in total. The first kappa shape index (κ1) is 17.7. The van der Waals surface area contributed by atoms with Crippen molar-refractivity contribution in [2.24, 2.45) is 4.99 Å². The van der Waals surface area contributed by atoms with Crippen LogP contribution in [0, 0.1) is 5.82 Å². The van der Waals surface area contributed by atoms with Crippen LogP contribution in [0.15, 0.2) is 29.3 Å². The largest absolute Gasteiger partial charge is 0.373 e. The second kappa shape index (κ2) is 7.30. The zero-order valence-electron chi connectivity index (χ0n) is 14.6. The molecule has 5 heteroatoms. The molecule has 1 saturated heterocycles. The van der Waals surface area contributed by atoms with E-state index in [1.165, 1.54) is 12.1 Å². The van der Waals surface area contributed by atoms with Crippen molar-refractivity contribution >= 4 is 5.96 Å². The molecule has 1 heterocycles. The maximum Gasteiger partial charge on any atom is 0.191 e. The molecule has 0 bridgehead atoms. The number of rotatable bonds is 5. The Morgan fingerprint density at radius 3 is 2.57 bits per heavy atom. The van der Waals surface area contributed by atoms with E-state index in [0.717, 1.165) is 37.5 Å². The van der Waals surface area contributed by atoms with Gasteiger partial charge in [0, 0.05) is 32.2 Å². The van der Waals surface area contributed by atoms with Crippen molar-refractivity contribution in [3.05, 3.63) is 35.6 Å². The first-order valence-electron chi connectivity index (χ1n) is 8.19. The predicted octanol–water partition coefficient (Wildman–Crippen LogP) is 2.84. The summed E-state index contributed by atoms with van der Waals surface area (Å²) >= 11 is 0. The van der Waals surface area contributed by atoms with Crippen LogP contribution in [0.2, 0.25) is 0 Å². The van der Waals surface area contributed by atoms with Gasteiger partial charge in [-0.1, -0.05) is 26.0 Å². The SMILES string of the molecule is CN=C(NCC1(C)CCCO1)NCC(C)(C)c1ccc(F)cc1. The average Bonchev–Trinajstić information content (AvgIpc) is 2.95. The zero-order chi connectivity index (χ0) is 16.9. The van der Waals surface area contributed by atoms with Crippen LogP contribution in [-0.2, 0) is 10.2 Å². The summed E-state index contributed by atoms with van der Waals surface area (Å²) in [6.45, 7) is 8.66. The van der Waals surface area contributed by atoms with E-state index in [4.69, 9.17) is 4.74 Å². The van der Waals surface area contributed by atoms with Crippen LogP contribution in [0.3, 0.4) is 0 Å². The standard InChI is InChI=1S/C18H28FN3O/c1-17(2,14-6-8-15(19)9-7-14)12-21-16(20-4)22-13-18(3)10-5-11-23-18/h6-9H,5,10-13H2,1-4H3,(H2,20,21,22). The summed E-state index contributed by atoms with van der Waals surface area (Å²) in [4.78, 5) is 4.27. The van der Waals surface area contributed by atoms with Gasteiger partial charge in [0.25, 0.3) is 0 Å². The quantitative estimate of drug-likeness (QED) is 0.647. The predicted molar refractivity (Wildman–Crippen MR) is 92.4 cm³/mol. The molecule has 0 spiro atoms. The molecule has 0 aromatic heterocycles. The molecule has 1 fully saturated rings. The van der Waals surface area contributed by atoms with E-state index >= 15 is 0 Å². The van der Waals surface area contributed by atoms with E-state index < -0.39 is 0 Å². The Hall–Kier alpha value is -1.62. The van der Waals surface area contributed by atoms with E-state index in [2.05, 4.69) is 36.4 Å². The Labute approximate surface area is 138 Å². The summed E-state index contributed by atoms with van der Waals surface area (Å²) in [5.74, 6) is 0.553. The van der Waals surface area contributed by atoms with Crippen molar-refractivity contribution in [1.82, 2.24) is 10.6 Å². The fourth-order valence-electron chi connectivity index (χ4n) is 2.78. The number of hydrogen-bond donors (Lipinski definition) is 2. The van der Waals surface area contributed by atoms with Crippen molar-refractivity contribution in [2.45, 2.75) is 44.6 Å². The van der Waals surface area contributed by atoms with E-state index in [1.807, 2.05) is 12.1 Å². The second-order valence-corrected chi connectivity index (χ2v) is 7.07. The first-order chi connectivity index (χ1) is 10.8. The highest BCUT2D eigenvalue weighted by Gasteiger charge is 2.30. The summed E-state index contributed by atoms with van der Waals surface area (Å²) < 4.78 is 18.9. The molecule has 0 radical (unpaired) electrons. The number of nitrogens with one attached hydrogen (secondary N) is 2. The second-order valence-electron chi connectivity index (χ2n) is 7.07. The van der Waals surface area contributed by atoms with Gasteiger partial charge < -0.3 is 15.4 Å². The highest BCUT2D eigenvalue weighted by Crippen LogP contribution is 2.24. The van der Waals surface area contributed by atoms with E-state index in [9.17, 15) is 4.39 Å². The van der Waals surface area contributed by atoms with Gasteiger partial charge in [-0.3, -0.25) is 4.99 Å². The number of ether oxygens (including phenoxy) is 1. The molecule has 1 atom stereocenters. The third-order valence-electron chi connectivity index (χ3n) is 4.48. The maximum atomic E-state index is 13.1. The van der Waals surface area contributed by atoms with Gasteiger partial charge in [-0.05, 0) is 37.5 Å². The molecule has 1 aliphatic heterocycles. The number of benzene rings is 1. The summed E-state index contributed by atoms with van der Waals surface area (Å²) in [7, 11) is 1.76. The normalized spacial score (nSPS) is 22.2. The van der Waals surface area contributed by atoms with Crippen LogP contribution in [0.5, 0.6) is 0 Å². The Morgan fingerprint density at radius 2 is 2.00 bits per heavy atom. The Morgan fingerprint density at radius 1 is 1.30 bits per heavy atom. The molecule has 4 nitrogen and oxygen atoms in total. The third kappa shape index (κ3) is 4.93. The maximum absolute atomic E-state index is 13.1. The van der Waals surface area contributed by atoms with Gasteiger partial charge in [-0.2, -0.15) is 0 Å². The van der Waals surface area contributed by atoms with Crippen LogP contribution >= 0.6 is 0 Å². The monoisotopic (exact) mass is 321 g/mol. The molecule has 1 aromatic rings. The summed E-state index contributed by atoms with van der Waals surface area (Å²) in [6.07, 6.45) is 2.18. The molecular formula is C18H28FN3O. The van der Waals surface area contributed by atoms with E-state index in [0.29, 0.717) is 6.54 Å². The topological polar surface area (TPSA) is 45.7 Å². The molecular weight excluding hydrogens is 293 g/mol. The smallest absolute Gasteiger partial charge is 0.191 e. The van der Waals surface area contributed by atoms with Crippen molar-refractivity contribution in [3.63, 3.8) is 0 Å². The fraction of sp³-hybridized carbons (Fsp3) is 0.611. The lowest BCUT2D eigenvalue weighted by Crippen LogP contribution is -2.48. The lowest BCUT2D eigenvalue weighted by molar-refractivity contribution is 0.0242. The van der Waals surface area contributed by atoms with Crippen LogP contribution in [0.4, 0.5) is 4.39 Å². The van der Waals surface area contributed by atoms with Crippen molar-refractivity contribution in [3.8, 4) is 0 Å². The minimum Gasteiger partial charge on any atom is -0.373 e. The zero-order valence-corrected chi connectivity index (χ0v) is 14.6. The fourth-order valence-corrected chi connectivity index (χ4v) is 2.78. The first-order valence-corrected chi connectivity index (χ1v) is 8.19. The van der Waals surface area contributed by atoms with Gasteiger partial charge in [0.05, 0.1) is 5.60 Å². The number of aliphatic imine (C=N–C) groups is 1. The van der Waals surface area contributed by atoms with Gasteiger partial charge in [-0.25, -0.2) is 4.39 Å². The average molecular weight is 321 g/mol. The van der Waals surface area contributed by atoms with Gasteiger partial charge in [0.15, 0.2) is 5.96 Å². The van der Waals surface area contributed by atoms with E-state index in [-0.39, 0.29) is 16.8 Å². The lowest BCUT2D eigenvalue weighted by Gasteiger charge is -2.28. The number of nitrogens with zero attached hydrogens (tertiary/aromatic N) is 1. The van der Waals surface area contributed by atoms with Crippen LogP contribution in [-0.4, -0.2) is 38.3 Å². The minimum atomic E-state index is -0.209. The van der Waals surface area contributed by atoms with Crippen LogP contribution in [0.1, 0.15) is 39.2 Å². The van der Waals surface area contributed by atoms with Crippen molar-refractivity contribution in [1.29, 1.82) is 0 Å². The summed E-state index contributed by atoms with van der Waals surface area (Å²) in [5.41, 5.74) is 0.858. The summed E-state index contributed by atoms with van der Waals surface area (Å²) in [5, 5.41) is 6.69. The third-order valence-corrected chi connectivity index (χ3v) is 4.48. The molecule has 1 unspecified atom stereocenters. The van der Waals surface area contributed by atoms with Crippen molar-refractivity contribution < 1.29 is 9.13 Å². The Kier molecular flexibility index (Phi) is 5.63. The lowest BCUT2D eigenvalue weighted by atomic mass is 9.84. The molecule has 0 amide bonds. The number of hydrogen-bond acceptors (Lipinski definition) is 2. The molecule has 1 aliphatic rings. The Balaban J connectivity index is 1.88. The van der Waals surface area contributed by atoms with Crippen LogP contribution < -0.4 is 10.6 Å².